The van der Waals surface area contributed by atoms with Crippen LogP contribution in [0, 0.1) is 25.7 Å². The zero-order valence-corrected chi connectivity index (χ0v) is 19.6. The Kier molecular flexibility index (Phi) is 6.52. The summed E-state index contributed by atoms with van der Waals surface area (Å²) in [6, 6.07) is 6.76. The first-order valence-electron chi connectivity index (χ1n) is 12.0. The van der Waals surface area contributed by atoms with Crippen molar-refractivity contribution < 1.29 is 24.1 Å². The van der Waals surface area contributed by atoms with Crippen molar-refractivity contribution in [3.05, 3.63) is 41.0 Å². The van der Waals surface area contributed by atoms with Crippen LogP contribution in [0.15, 0.2) is 24.3 Å². The number of fused-ring (bicyclic) bond motifs is 1. The molecule has 0 bridgehead atoms. The van der Waals surface area contributed by atoms with Gasteiger partial charge in [-0.05, 0) is 56.2 Å². The summed E-state index contributed by atoms with van der Waals surface area (Å²) in [6.45, 7) is 8.46. The van der Waals surface area contributed by atoms with Crippen LogP contribution in [0.4, 0.5) is 19.0 Å². The van der Waals surface area contributed by atoms with Gasteiger partial charge in [0, 0.05) is 32.7 Å². The number of halogens is 3. The molecule has 3 fully saturated rings. The minimum Gasteiger partial charge on any atom is -0.376 e. The van der Waals surface area contributed by atoms with E-state index in [0.717, 1.165) is 49.7 Å². The lowest BCUT2D eigenvalue weighted by Crippen LogP contribution is -2.39. The van der Waals surface area contributed by atoms with Crippen molar-refractivity contribution in [1.82, 2.24) is 15.1 Å². The van der Waals surface area contributed by atoms with Gasteiger partial charge in [-0.15, -0.1) is 10.2 Å². The highest BCUT2D eigenvalue weighted by Gasteiger charge is 2.43. The Hall–Kier alpha value is -2.23. The molecule has 1 aromatic carbocycles. The maximum atomic E-state index is 14.0. The second kappa shape index (κ2) is 9.43. The number of ether oxygens (including phenoxy) is 2. The Morgan fingerprint density at radius 2 is 1.85 bits per heavy atom. The molecule has 0 radical (unpaired) electrons. The van der Waals surface area contributed by atoms with Crippen molar-refractivity contribution in [3.8, 4) is 11.3 Å². The summed E-state index contributed by atoms with van der Waals surface area (Å²) in [5.74, 6) is 0.771. The van der Waals surface area contributed by atoms with E-state index in [2.05, 4.69) is 20.4 Å². The molecule has 2 saturated heterocycles. The minimum atomic E-state index is -4.52. The molecule has 2 aliphatic heterocycles. The molecular formula is C25H33F3N4O2. The van der Waals surface area contributed by atoms with Gasteiger partial charge in [0.15, 0.2) is 5.82 Å². The van der Waals surface area contributed by atoms with Crippen molar-refractivity contribution in [2.24, 2.45) is 11.8 Å². The van der Waals surface area contributed by atoms with Gasteiger partial charge in [0.1, 0.15) is 5.56 Å². The van der Waals surface area contributed by atoms with Gasteiger partial charge in [0.2, 0.25) is 0 Å². The molecule has 4 atom stereocenters. The van der Waals surface area contributed by atoms with Gasteiger partial charge in [0.25, 0.3) is 0 Å². The molecule has 9 heteroatoms. The largest absolute Gasteiger partial charge is 0.420 e. The molecule has 2 aromatic rings. The normalized spacial score (nSPS) is 27.7. The fourth-order valence-corrected chi connectivity index (χ4v) is 5.65. The zero-order valence-electron chi connectivity index (χ0n) is 19.6. The van der Waals surface area contributed by atoms with E-state index in [4.69, 9.17) is 9.47 Å². The van der Waals surface area contributed by atoms with Crippen molar-refractivity contribution in [3.63, 3.8) is 0 Å². The van der Waals surface area contributed by atoms with E-state index < -0.39 is 11.7 Å². The number of hydrogen-bond donors (Lipinski definition) is 1. The molecule has 1 N–H and O–H groups in total. The zero-order chi connectivity index (χ0) is 23.9. The van der Waals surface area contributed by atoms with Crippen LogP contribution in [0.25, 0.3) is 11.3 Å². The Morgan fingerprint density at radius 1 is 1.09 bits per heavy atom. The number of rotatable bonds is 5. The molecule has 34 heavy (non-hydrogen) atoms. The van der Waals surface area contributed by atoms with Gasteiger partial charge in [-0.25, -0.2) is 0 Å². The predicted octanol–water partition coefficient (Wildman–Crippen LogP) is 4.56. The SMILES string of the molecule is Cc1ccc(C)c(-c2cc(C(F)(F)F)c(NC3C[C@@H]4CN(CC5COCCO5)C[C@@H]4C3)nn2)c1.[HH]. The smallest absolute Gasteiger partial charge is 0.376 e. The molecule has 0 spiro atoms. The van der Waals surface area contributed by atoms with Crippen LogP contribution in [0.3, 0.4) is 0 Å². The van der Waals surface area contributed by atoms with Crippen LogP contribution >= 0.6 is 0 Å². The number of nitrogens with one attached hydrogen (secondary N) is 1. The van der Waals surface area contributed by atoms with Gasteiger partial charge in [-0.2, -0.15) is 13.2 Å². The van der Waals surface area contributed by atoms with E-state index in [1.54, 1.807) is 0 Å². The van der Waals surface area contributed by atoms with Gasteiger partial charge in [-0.3, -0.25) is 0 Å². The van der Waals surface area contributed by atoms with E-state index in [1.807, 2.05) is 32.0 Å². The second-order valence-electron chi connectivity index (χ2n) is 9.93. The molecule has 1 aromatic heterocycles. The van der Waals surface area contributed by atoms with Crippen LogP contribution in [0.1, 0.15) is 31.0 Å². The maximum Gasteiger partial charge on any atom is 0.420 e. The fraction of sp³-hybridized carbons (Fsp3) is 0.600. The molecule has 6 nitrogen and oxygen atoms in total. The van der Waals surface area contributed by atoms with Gasteiger partial charge >= 0.3 is 6.18 Å². The quantitative estimate of drug-likeness (QED) is 0.680. The molecule has 2 unspecified atom stereocenters. The van der Waals surface area contributed by atoms with Crippen LogP contribution in [0.2, 0.25) is 0 Å². The Labute approximate surface area is 199 Å². The number of nitrogens with zero attached hydrogens (tertiary/aromatic N) is 3. The molecular weight excluding hydrogens is 445 g/mol. The monoisotopic (exact) mass is 478 g/mol. The number of likely N-dealkylation sites (tertiary alicyclic amines) is 1. The minimum absolute atomic E-state index is 0. The number of benzene rings is 1. The van der Waals surface area contributed by atoms with E-state index in [9.17, 15) is 13.2 Å². The Morgan fingerprint density at radius 3 is 2.53 bits per heavy atom. The van der Waals surface area contributed by atoms with Crippen LogP contribution in [-0.4, -0.2) is 66.7 Å². The number of aromatic nitrogens is 2. The highest BCUT2D eigenvalue weighted by molar-refractivity contribution is 5.66. The van der Waals surface area contributed by atoms with E-state index in [1.165, 1.54) is 0 Å². The first kappa shape index (κ1) is 23.5. The number of hydrogen-bond acceptors (Lipinski definition) is 6. The fourth-order valence-electron chi connectivity index (χ4n) is 5.65. The Balaban J connectivity index is 0.00000289. The van der Waals surface area contributed by atoms with Crippen molar-refractivity contribution >= 4 is 5.82 Å². The van der Waals surface area contributed by atoms with E-state index in [0.29, 0.717) is 37.2 Å². The topological polar surface area (TPSA) is 59.5 Å². The average Bonchev–Trinajstić information content (AvgIpc) is 3.33. The van der Waals surface area contributed by atoms with Crippen molar-refractivity contribution in [2.45, 2.75) is 45.0 Å². The van der Waals surface area contributed by atoms with Crippen molar-refractivity contribution in [2.75, 3.05) is 44.8 Å². The maximum absolute atomic E-state index is 14.0. The van der Waals surface area contributed by atoms with Gasteiger partial charge < -0.3 is 19.7 Å². The number of alkyl halides is 3. The summed E-state index contributed by atoms with van der Waals surface area (Å²) in [7, 11) is 0. The number of aryl methyl sites for hydroxylation is 2. The van der Waals surface area contributed by atoms with Crippen LogP contribution < -0.4 is 5.32 Å². The highest BCUT2D eigenvalue weighted by Crippen LogP contribution is 2.41. The molecule has 1 saturated carbocycles. The highest BCUT2D eigenvalue weighted by atomic mass is 19.4. The third-order valence-corrected chi connectivity index (χ3v) is 7.28. The molecule has 186 valence electrons. The van der Waals surface area contributed by atoms with Gasteiger partial charge in [0.05, 0.1) is 31.6 Å². The first-order valence-corrected chi connectivity index (χ1v) is 12.0. The summed E-state index contributed by atoms with van der Waals surface area (Å²) in [5, 5.41) is 11.3. The van der Waals surface area contributed by atoms with E-state index in [-0.39, 0.29) is 25.1 Å². The molecule has 1 aliphatic carbocycles. The molecule has 3 aliphatic rings. The lowest BCUT2D eigenvalue weighted by atomic mass is 10.0. The lowest BCUT2D eigenvalue weighted by molar-refractivity contribution is -0.137. The predicted molar refractivity (Wildman–Crippen MR) is 125 cm³/mol. The summed E-state index contributed by atoms with van der Waals surface area (Å²) in [5.41, 5.74) is 1.99. The Bertz CT molecular complexity index is 1020. The second-order valence-corrected chi connectivity index (χ2v) is 9.93. The van der Waals surface area contributed by atoms with E-state index >= 15 is 0 Å². The number of anilines is 1. The summed E-state index contributed by atoms with van der Waals surface area (Å²) in [4.78, 5) is 2.41. The summed E-state index contributed by atoms with van der Waals surface area (Å²) < 4.78 is 53.2. The third kappa shape index (κ3) is 5.06. The average molecular weight is 479 g/mol. The van der Waals surface area contributed by atoms with Crippen LogP contribution in [-0.2, 0) is 15.7 Å². The standard InChI is InChI=1S/C25H31F3N4O2.H2/c1-15-3-4-16(2)21(7-15)23-10-22(25(26,27)28)24(31-30-23)29-19-8-17-11-32(12-18(17)9-19)13-20-14-33-5-6-34-20;/h3-4,7,10,17-20H,5-6,8-9,11-14H2,1-2H3,(H,29,31);1H/t17-,18+,19?,20?;. The van der Waals surface area contributed by atoms with Gasteiger partial charge in [-0.1, -0.05) is 17.7 Å². The third-order valence-electron chi connectivity index (χ3n) is 7.28. The molecule has 0 amide bonds. The summed E-state index contributed by atoms with van der Waals surface area (Å²) in [6.07, 6.45) is -2.73. The van der Waals surface area contributed by atoms with Crippen LogP contribution in [0.5, 0.6) is 0 Å². The summed E-state index contributed by atoms with van der Waals surface area (Å²) >= 11 is 0. The molecule has 3 heterocycles. The van der Waals surface area contributed by atoms with Crippen molar-refractivity contribution in [1.29, 1.82) is 0 Å². The molecule has 5 rings (SSSR count). The lowest BCUT2D eigenvalue weighted by Gasteiger charge is -2.28. The first-order chi connectivity index (χ1) is 16.3.